The number of hydrogen-bond acceptors (Lipinski definition) is 5. The lowest BCUT2D eigenvalue weighted by Crippen LogP contribution is -2.57. The predicted molar refractivity (Wildman–Crippen MR) is 80.9 cm³/mol. The Labute approximate surface area is 127 Å². The molecule has 1 aliphatic rings. The van der Waals surface area contributed by atoms with Gasteiger partial charge in [-0.1, -0.05) is 11.6 Å². The van der Waals surface area contributed by atoms with Crippen molar-refractivity contribution < 1.29 is 13.2 Å². The highest BCUT2D eigenvalue weighted by Crippen LogP contribution is 2.28. The number of rotatable bonds is 4. The van der Waals surface area contributed by atoms with E-state index in [1.165, 1.54) is 11.3 Å². The van der Waals surface area contributed by atoms with E-state index in [0.29, 0.717) is 36.8 Å². The summed E-state index contributed by atoms with van der Waals surface area (Å²) >= 11 is 7.20. The van der Waals surface area contributed by atoms with Gasteiger partial charge in [-0.2, -0.15) is 0 Å². The molecule has 0 spiro atoms. The van der Waals surface area contributed by atoms with Crippen LogP contribution in [0.4, 0.5) is 0 Å². The van der Waals surface area contributed by atoms with E-state index < -0.39 is 20.5 Å². The second kappa shape index (κ2) is 6.01. The van der Waals surface area contributed by atoms with Crippen molar-refractivity contribution in [1.29, 1.82) is 0 Å². The summed E-state index contributed by atoms with van der Waals surface area (Å²) in [6.07, 6.45) is 1.76. The summed E-state index contributed by atoms with van der Waals surface area (Å²) in [7, 11) is -3.46. The van der Waals surface area contributed by atoms with Crippen LogP contribution in [0.1, 0.15) is 17.7 Å². The number of carbonyl (C=O) groups is 1. The molecular formula is C12H17ClN2O3S2. The number of carbonyl (C=O) groups excluding carboxylic acids is 1. The molecular weight excluding hydrogens is 320 g/mol. The van der Waals surface area contributed by atoms with E-state index in [4.69, 9.17) is 11.6 Å². The van der Waals surface area contributed by atoms with E-state index in [0.717, 1.165) is 11.1 Å². The number of hydrogen-bond donors (Lipinski definition) is 2. The molecule has 2 heterocycles. The van der Waals surface area contributed by atoms with Gasteiger partial charge in [0.2, 0.25) is 5.91 Å². The summed E-state index contributed by atoms with van der Waals surface area (Å²) < 4.78 is 23.5. The Kier molecular flexibility index (Phi) is 4.73. The Balaban J connectivity index is 2.11. The van der Waals surface area contributed by atoms with Gasteiger partial charge >= 0.3 is 0 Å². The lowest BCUT2D eigenvalue weighted by Gasteiger charge is -2.34. The van der Waals surface area contributed by atoms with Gasteiger partial charge in [0.1, 0.15) is 0 Å². The highest BCUT2D eigenvalue weighted by Gasteiger charge is 2.48. The van der Waals surface area contributed by atoms with Crippen molar-refractivity contribution in [2.45, 2.75) is 24.1 Å². The van der Waals surface area contributed by atoms with Crippen molar-refractivity contribution in [3.63, 3.8) is 0 Å². The zero-order chi connectivity index (χ0) is 14.8. The van der Waals surface area contributed by atoms with E-state index in [1.807, 2.05) is 6.07 Å². The van der Waals surface area contributed by atoms with E-state index in [-0.39, 0.29) is 0 Å². The van der Waals surface area contributed by atoms with Gasteiger partial charge < -0.3 is 10.6 Å². The number of halogens is 1. The minimum atomic E-state index is -3.46. The maximum Gasteiger partial charge on any atom is 0.241 e. The molecule has 2 rings (SSSR count). The Bertz CT molecular complexity index is 592. The van der Waals surface area contributed by atoms with Gasteiger partial charge in [-0.3, -0.25) is 4.79 Å². The number of piperidine rings is 1. The molecule has 1 amide bonds. The highest BCUT2D eigenvalue weighted by molar-refractivity contribution is 7.92. The zero-order valence-electron chi connectivity index (χ0n) is 11.1. The van der Waals surface area contributed by atoms with Crippen molar-refractivity contribution >= 4 is 38.7 Å². The fraction of sp³-hybridized carbons (Fsp3) is 0.583. The number of thiophene rings is 1. The topological polar surface area (TPSA) is 75.3 Å². The van der Waals surface area contributed by atoms with Crippen LogP contribution in [0.3, 0.4) is 0 Å². The van der Waals surface area contributed by atoms with Crippen LogP contribution >= 0.6 is 22.9 Å². The number of amides is 1. The fourth-order valence-corrected chi connectivity index (χ4v) is 4.75. The molecule has 1 aromatic heterocycles. The maximum atomic E-state index is 12.4. The molecule has 0 aliphatic carbocycles. The van der Waals surface area contributed by atoms with Crippen molar-refractivity contribution in [1.82, 2.24) is 10.6 Å². The lowest BCUT2D eigenvalue weighted by molar-refractivity contribution is -0.124. The van der Waals surface area contributed by atoms with Crippen molar-refractivity contribution in [3.8, 4) is 0 Å². The molecule has 0 bridgehead atoms. The summed E-state index contributed by atoms with van der Waals surface area (Å²) in [5.41, 5.74) is 0. The summed E-state index contributed by atoms with van der Waals surface area (Å²) in [6.45, 7) is 1.37. The van der Waals surface area contributed by atoms with Gasteiger partial charge in [0.05, 0.1) is 10.9 Å². The van der Waals surface area contributed by atoms with E-state index >= 15 is 0 Å². The van der Waals surface area contributed by atoms with Gasteiger partial charge in [-0.15, -0.1) is 11.3 Å². The van der Waals surface area contributed by atoms with Crippen LogP contribution in [0.2, 0.25) is 4.34 Å². The van der Waals surface area contributed by atoms with Crippen molar-refractivity contribution in [3.05, 3.63) is 21.3 Å². The molecule has 0 unspecified atom stereocenters. The summed E-state index contributed by atoms with van der Waals surface area (Å²) in [5.74, 6) is -0.411. The molecule has 1 aliphatic heterocycles. The summed E-state index contributed by atoms with van der Waals surface area (Å²) in [4.78, 5) is 13.3. The summed E-state index contributed by atoms with van der Waals surface area (Å²) in [6, 6.07) is 3.58. The fourth-order valence-electron chi connectivity index (χ4n) is 2.37. The molecule has 5 nitrogen and oxygen atoms in total. The molecule has 8 heteroatoms. The van der Waals surface area contributed by atoms with Crippen LogP contribution in [0.25, 0.3) is 0 Å². The van der Waals surface area contributed by atoms with Crippen LogP contribution in [0.15, 0.2) is 12.1 Å². The predicted octanol–water partition coefficient (Wildman–Crippen LogP) is 1.18. The average Bonchev–Trinajstić information content (AvgIpc) is 2.81. The minimum absolute atomic E-state index is 0.306. The van der Waals surface area contributed by atoms with Crippen LogP contribution < -0.4 is 10.6 Å². The molecule has 20 heavy (non-hydrogen) atoms. The van der Waals surface area contributed by atoms with Gasteiger partial charge in [0.25, 0.3) is 0 Å². The second-order valence-electron chi connectivity index (χ2n) is 4.90. The Hall–Kier alpha value is -0.630. The SMILES string of the molecule is CS(=O)(=O)C1(C(=O)NCc2ccc(Cl)s2)CCNCC1. The zero-order valence-corrected chi connectivity index (χ0v) is 13.5. The molecule has 2 N–H and O–H groups in total. The number of sulfone groups is 1. The molecule has 1 saturated heterocycles. The first-order valence-corrected chi connectivity index (χ1v) is 9.36. The molecule has 0 radical (unpaired) electrons. The van der Waals surface area contributed by atoms with Crippen LogP contribution in [0.5, 0.6) is 0 Å². The standard InChI is InChI=1S/C12H17ClN2O3S2/c1-20(17,18)12(4-6-14-7-5-12)11(16)15-8-9-2-3-10(13)19-9/h2-3,14H,4-8H2,1H3,(H,15,16). The third kappa shape index (κ3) is 3.16. The Morgan fingerprint density at radius 3 is 2.60 bits per heavy atom. The normalized spacial score (nSPS) is 18.7. The Morgan fingerprint density at radius 2 is 2.10 bits per heavy atom. The molecule has 1 aromatic rings. The van der Waals surface area contributed by atoms with Crippen LogP contribution in [-0.2, 0) is 21.2 Å². The Morgan fingerprint density at radius 1 is 1.45 bits per heavy atom. The van der Waals surface area contributed by atoms with Crippen LogP contribution in [-0.4, -0.2) is 38.4 Å². The highest BCUT2D eigenvalue weighted by atomic mass is 35.5. The van der Waals surface area contributed by atoms with E-state index in [2.05, 4.69) is 10.6 Å². The van der Waals surface area contributed by atoms with Gasteiger partial charge in [0.15, 0.2) is 14.6 Å². The van der Waals surface area contributed by atoms with Crippen LogP contribution in [0, 0.1) is 0 Å². The molecule has 112 valence electrons. The minimum Gasteiger partial charge on any atom is -0.350 e. The average molecular weight is 337 g/mol. The largest absolute Gasteiger partial charge is 0.350 e. The first-order valence-electron chi connectivity index (χ1n) is 6.28. The maximum absolute atomic E-state index is 12.4. The van der Waals surface area contributed by atoms with E-state index in [9.17, 15) is 13.2 Å². The molecule has 0 atom stereocenters. The third-order valence-corrected chi connectivity index (χ3v) is 6.83. The number of nitrogens with one attached hydrogen (secondary N) is 2. The van der Waals surface area contributed by atoms with Gasteiger partial charge in [0, 0.05) is 11.1 Å². The van der Waals surface area contributed by atoms with E-state index in [1.54, 1.807) is 6.07 Å². The van der Waals surface area contributed by atoms with Crippen molar-refractivity contribution in [2.24, 2.45) is 0 Å². The quantitative estimate of drug-likeness (QED) is 0.866. The third-order valence-electron chi connectivity index (χ3n) is 3.59. The summed E-state index contributed by atoms with van der Waals surface area (Å²) in [5, 5.41) is 5.82. The molecule has 1 fully saturated rings. The van der Waals surface area contributed by atoms with Crippen molar-refractivity contribution in [2.75, 3.05) is 19.3 Å². The van der Waals surface area contributed by atoms with Gasteiger partial charge in [-0.25, -0.2) is 8.42 Å². The molecule has 0 saturated carbocycles. The first-order chi connectivity index (χ1) is 9.35. The second-order valence-corrected chi connectivity index (χ2v) is 9.03. The van der Waals surface area contributed by atoms with Gasteiger partial charge in [-0.05, 0) is 38.1 Å². The molecule has 0 aromatic carbocycles. The lowest BCUT2D eigenvalue weighted by atomic mass is 9.96. The first kappa shape index (κ1) is 15.8. The monoisotopic (exact) mass is 336 g/mol. The smallest absolute Gasteiger partial charge is 0.241 e.